The number of hydrogen-bond donors (Lipinski definition) is 0. The maximum Gasteiger partial charge on any atom is 0.246 e. The summed E-state index contributed by atoms with van der Waals surface area (Å²) in [5, 5.41) is 0. The van der Waals surface area contributed by atoms with Gasteiger partial charge in [0.05, 0.1) is 7.11 Å². The first-order chi connectivity index (χ1) is 9.62. The lowest BCUT2D eigenvalue weighted by Gasteiger charge is -2.20. The van der Waals surface area contributed by atoms with E-state index in [4.69, 9.17) is 4.74 Å². The van der Waals surface area contributed by atoms with Crippen molar-refractivity contribution >= 4 is 11.5 Å². The maximum absolute atomic E-state index is 12.3. The molecule has 0 aliphatic carbocycles. The van der Waals surface area contributed by atoms with E-state index in [1.54, 1.807) is 13.2 Å². The van der Waals surface area contributed by atoms with Crippen LogP contribution < -0.4 is 4.74 Å². The van der Waals surface area contributed by atoms with Crippen molar-refractivity contribution in [2.45, 2.75) is 33.6 Å². The summed E-state index contributed by atoms with van der Waals surface area (Å²) < 4.78 is 5.14. The third-order valence-corrected chi connectivity index (χ3v) is 3.18. The lowest BCUT2D eigenvalue weighted by molar-refractivity contribution is -0.126. The van der Waals surface area contributed by atoms with Crippen LogP contribution in [0.15, 0.2) is 30.3 Å². The van der Waals surface area contributed by atoms with Gasteiger partial charge in [0.25, 0.3) is 0 Å². The lowest BCUT2D eigenvalue weighted by atomic mass is 10.1. The highest BCUT2D eigenvalue weighted by Crippen LogP contribution is 2.18. The van der Waals surface area contributed by atoms with E-state index in [1.807, 2.05) is 36.1 Å². The van der Waals surface area contributed by atoms with Gasteiger partial charge in [0, 0.05) is 19.2 Å². The van der Waals surface area contributed by atoms with Crippen molar-refractivity contribution in [2.75, 3.05) is 20.2 Å². The van der Waals surface area contributed by atoms with Gasteiger partial charge in [-0.3, -0.25) is 4.79 Å². The van der Waals surface area contributed by atoms with Crippen molar-refractivity contribution in [3.8, 4) is 5.75 Å². The van der Waals surface area contributed by atoms with E-state index in [1.165, 1.54) is 0 Å². The highest BCUT2D eigenvalue weighted by Gasteiger charge is 2.09. The first kappa shape index (κ1) is 16.3. The van der Waals surface area contributed by atoms with Crippen LogP contribution in [0.25, 0.3) is 5.57 Å². The highest BCUT2D eigenvalue weighted by atomic mass is 16.5. The molecule has 0 aliphatic rings. The molecule has 1 aromatic rings. The minimum Gasteiger partial charge on any atom is -0.497 e. The number of benzene rings is 1. The third kappa shape index (κ3) is 4.72. The van der Waals surface area contributed by atoms with Crippen LogP contribution in [0.5, 0.6) is 5.75 Å². The van der Waals surface area contributed by atoms with E-state index < -0.39 is 0 Å². The minimum absolute atomic E-state index is 0.0991. The van der Waals surface area contributed by atoms with Crippen LogP contribution in [0.1, 0.15) is 39.2 Å². The predicted octanol–water partition coefficient (Wildman–Crippen LogP) is 3.75. The van der Waals surface area contributed by atoms with Gasteiger partial charge < -0.3 is 9.64 Å². The standard InChI is InChI=1S/C17H25NO2/c1-5-11-18(12-6-2)17(19)13-14(3)15-7-9-16(20-4)10-8-15/h7-10,13H,5-6,11-12H2,1-4H3/b14-13+. The molecule has 1 rings (SSSR count). The van der Waals surface area contributed by atoms with Crippen molar-refractivity contribution in [1.29, 1.82) is 0 Å². The van der Waals surface area contributed by atoms with Crippen LogP contribution in [0.4, 0.5) is 0 Å². The van der Waals surface area contributed by atoms with Gasteiger partial charge in [0.2, 0.25) is 5.91 Å². The molecular formula is C17H25NO2. The Balaban J connectivity index is 2.81. The number of nitrogens with zero attached hydrogens (tertiary/aromatic N) is 1. The summed E-state index contributed by atoms with van der Waals surface area (Å²) in [5.41, 5.74) is 2.03. The molecule has 0 aromatic heterocycles. The molecule has 0 saturated heterocycles. The first-order valence-corrected chi connectivity index (χ1v) is 7.24. The Kier molecular flexibility index (Phi) is 6.85. The third-order valence-electron chi connectivity index (χ3n) is 3.18. The quantitative estimate of drug-likeness (QED) is 0.709. The molecule has 0 fully saturated rings. The molecule has 3 nitrogen and oxygen atoms in total. The normalized spacial score (nSPS) is 11.3. The fourth-order valence-electron chi connectivity index (χ4n) is 2.09. The molecule has 0 radical (unpaired) electrons. The van der Waals surface area contributed by atoms with Crippen molar-refractivity contribution in [3.63, 3.8) is 0 Å². The molecule has 0 saturated carbocycles. The summed E-state index contributed by atoms with van der Waals surface area (Å²) >= 11 is 0. The van der Waals surface area contributed by atoms with E-state index >= 15 is 0 Å². The second-order valence-electron chi connectivity index (χ2n) is 4.88. The smallest absolute Gasteiger partial charge is 0.246 e. The number of hydrogen-bond acceptors (Lipinski definition) is 2. The van der Waals surface area contributed by atoms with Gasteiger partial charge in [-0.2, -0.15) is 0 Å². The van der Waals surface area contributed by atoms with Gasteiger partial charge >= 0.3 is 0 Å². The lowest BCUT2D eigenvalue weighted by Crippen LogP contribution is -2.31. The second kappa shape index (κ2) is 8.41. The van der Waals surface area contributed by atoms with Gasteiger partial charge in [0.1, 0.15) is 5.75 Å². The Labute approximate surface area is 122 Å². The molecular weight excluding hydrogens is 250 g/mol. The average molecular weight is 275 g/mol. The van der Waals surface area contributed by atoms with E-state index in [-0.39, 0.29) is 5.91 Å². The van der Waals surface area contributed by atoms with Crippen LogP contribution in [-0.2, 0) is 4.79 Å². The zero-order valence-electron chi connectivity index (χ0n) is 13.0. The van der Waals surface area contributed by atoms with Gasteiger partial charge in [-0.1, -0.05) is 26.0 Å². The van der Waals surface area contributed by atoms with Crippen molar-refractivity contribution in [3.05, 3.63) is 35.9 Å². The summed E-state index contributed by atoms with van der Waals surface area (Å²) in [6.45, 7) is 7.79. The number of rotatable bonds is 7. The number of carbonyl (C=O) groups is 1. The van der Waals surface area contributed by atoms with E-state index in [9.17, 15) is 4.79 Å². The number of allylic oxidation sites excluding steroid dienone is 1. The zero-order chi connectivity index (χ0) is 15.0. The van der Waals surface area contributed by atoms with Gasteiger partial charge in [0.15, 0.2) is 0 Å². The zero-order valence-corrected chi connectivity index (χ0v) is 13.0. The van der Waals surface area contributed by atoms with Crippen LogP contribution in [0.3, 0.4) is 0 Å². The Morgan fingerprint density at radius 3 is 2.15 bits per heavy atom. The molecule has 20 heavy (non-hydrogen) atoms. The summed E-state index contributed by atoms with van der Waals surface area (Å²) in [4.78, 5) is 14.2. The van der Waals surface area contributed by atoms with Gasteiger partial charge in [-0.15, -0.1) is 0 Å². The molecule has 0 aliphatic heterocycles. The van der Waals surface area contributed by atoms with E-state index in [2.05, 4.69) is 13.8 Å². The SMILES string of the molecule is CCCN(CCC)C(=O)/C=C(\C)c1ccc(OC)cc1. The second-order valence-corrected chi connectivity index (χ2v) is 4.88. The first-order valence-electron chi connectivity index (χ1n) is 7.24. The fraction of sp³-hybridized carbons (Fsp3) is 0.471. The average Bonchev–Trinajstić information content (AvgIpc) is 2.47. The summed E-state index contributed by atoms with van der Waals surface area (Å²) in [7, 11) is 1.65. The fourth-order valence-corrected chi connectivity index (χ4v) is 2.09. The highest BCUT2D eigenvalue weighted by molar-refractivity contribution is 5.94. The number of carbonyl (C=O) groups excluding carboxylic acids is 1. The van der Waals surface area contributed by atoms with Crippen LogP contribution in [-0.4, -0.2) is 31.0 Å². The number of ether oxygens (including phenoxy) is 1. The Morgan fingerprint density at radius 2 is 1.70 bits per heavy atom. The number of amides is 1. The molecule has 0 unspecified atom stereocenters. The molecule has 0 atom stereocenters. The summed E-state index contributed by atoms with van der Waals surface area (Å²) in [5.74, 6) is 0.925. The van der Waals surface area contributed by atoms with Crippen LogP contribution >= 0.6 is 0 Å². The van der Waals surface area contributed by atoms with Crippen LogP contribution in [0.2, 0.25) is 0 Å². The van der Waals surface area contributed by atoms with Crippen molar-refractivity contribution in [2.24, 2.45) is 0 Å². The van der Waals surface area contributed by atoms with Crippen LogP contribution in [0, 0.1) is 0 Å². The predicted molar refractivity (Wildman–Crippen MR) is 83.8 cm³/mol. The minimum atomic E-state index is 0.0991. The molecule has 0 spiro atoms. The largest absolute Gasteiger partial charge is 0.497 e. The van der Waals surface area contributed by atoms with Gasteiger partial charge in [-0.05, 0) is 43.0 Å². The van der Waals surface area contributed by atoms with Crippen molar-refractivity contribution < 1.29 is 9.53 Å². The Hall–Kier alpha value is -1.77. The molecule has 3 heteroatoms. The van der Waals surface area contributed by atoms with Crippen molar-refractivity contribution in [1.82, 2.24) is 4.90 Å². The molecule has 0 N–H and O–H groups in total. The van der Waals surface area contributed by atoms with Gasteiger partial charge in [-0.25, -0.2) is 0 Å². The number of methoxy groups -OCH3 is 1. The molecule has 0 heterocycles. The maximum atomic E-state index is 12.3. The summed E-state index contributed by atoms with van der Waals surface area (Å²) in [6, 6.07) is 7.77. The molecule has 0 bridgehead atoms. The molecule has 1 amide bonds. The topological polar surface area (TPSA) is 29.5 Å². The summed E-state index contributed by atoms with van der Waals surface area (Å²) in [6.07, 6.45) is 3.70. The molecule has 110 valence electrons. The Morgan fingerprint density at radius 1 is 1.15 bits per heavy atom. The molecule has 1 aromatic carbocycles. The van der Waals surface area contributed by atoms with E-state index in [0.717, 1.165) is 42.8 Å². The Bertz CT molecular complexity index is 443. The van der Waals surface area contributed by atoms with E-state index in [0.29, 0.717) is 0 Å². The monoisotopic (exact) mass is 275 g/mol.